The van der Waals surface area contributed by atoms with E-state index in [1.54, 1.807) is 44.2 Å². The molecule has 1 amide bonds. The lowest BCUT2D eigenvalue weighted by molar-refractivity contribution is 0.101. The summed E-state index contributed by atoms with van der Waals surface area (Å²) in [4.78, 5) is 32.2. The third-order valence-corrected chi connectivity index (χ3v) is 4.81. The molecule has 160 valence electrons. The maximum absolute atomic E-state index is 12.8. The van der Waals surface area contributed by atoms with Gasteiger partial charge < -0.3 is 18.7 Å². The van der Waals surface area contributed by atoms with Crippen LogP contribution in [-0.2, 0) is 0 Å². The topological polar surface area (TPSA) is 145 Å². The molecule has 0 aromatic carbocycles. The standard InChI is InChI=1S/C21H16N6O5/c1-11-12(2)22-21(24-19(11)28)27-18(10-13(25-27)15-5-3-7-30-15)23-20(29)14-9-17(32-26-14)16-6-4-8-31-16/h3-10H,1-2H3,(H,23,29)(H,22,24,28). The molecule has 11 heteroatoms. The number of furan rings is 2. The van der Waals surface area contributed by atoms with Crippen LogP contribution in [-0.4, -0.2) is 30.8 Å². The van der Waals surface area contributed by atoms with E-state index in [-0.39, 0.29) is 23.0 Å². The third kappa shape index (κ3) is 3.41. The number of hydrogen-bond donors (Lipinski definition) is 2. The second-order valence-electron chi connectivity index (χ2n) is 6.91. The Bertz CT molecular complexity index is 1460. The lowest BCUT2D eigenvalue weighted by Crippen LogP contribution is -2.21. The summed E-state index contributed by atoms with van der Waals surface area (Å²) in [6.45, 7) is 3.39. The Morgan fingerprint density at radius 1 is 1.06 bits per heavy atom. The fraction of sp³-hybridized carbons (Fsp3) is 0.0952. The molecule has 0 aliphatic rings. The van der Waals surface area contributed by atoms with Gasteiger partial charge in [0, 0.05) is 23.4 Å². The Hall–Kier alpha value is -4.67. The molecule has 0 bridgehead atoms. The van der Waals surface area contributed by atoms with Gasteiger partial charge in [-0.3, -0.25) is 14.6 Å². The van der Waals surface area contributed by atoms with Crippen LogP contribution >= 0.6 is 0 Å². The molecule has 0 aliphatic carbocycles. The van der Waals surface area contributed by atoms with Crippen molar-refractivity contribution in [2.45, 2.75) is 13.8 Å². The number of H-pyrrole nitrogens is 1. The van der Waals surface area contributed by atoms with E-state index in [9.17, 15) is 9.59 Å². The van der Waals surface area contributed by atoms with Crippen molar-refractivity contribution in [1.29, 1.82) is 0 Å². The van der Waals surface area contributed by atoms with Crippen LogP contribution in [0.15, 0.2) is 67.1 Å². The Labute approximate surface area is 179 Å². The van der Waals surface area contributed by atoms with Crippen molar-refractivity contribution in [1.82, 2.24) is 24.9 Å². The van der Waals surface area contributed by atoms with E-state index in [0.29, 0.717) is 34.2 Å². The van der Waals surface area contributed by atoms with Crippen molar-refractivity contribution in [3.05, 3.63) is 76.2 Å². The van der Waals surface area contributed by atoms with Crippen molar-refractivity contribution in [3.63, 3.8) is 0 Å². The molecule has 0 saturated heterocycles. The van der Waals surface area contributed by atoms with Gasteiger partial charge in [0.25, 0.3) is 11.5 Å². The summed E-state index contributed by atoms with van der Waals surface area (Å²) in [6.07, 6.45) is 3.00. The van der Waals surface area contributed by atoms with Crippen molar-refractivity contribution in [2.24, 2.45) is 0 Å². The SMILES string of the molecule is Cc1nc(-n2nc(-c3ccco3)cc2NC(=O)c2cc(-c3ccco3)on2)[nH]c(=O)c1C. The quantitative estimate of drug-likeness (QED) is 0.430. The Morgan fingerprint density at radius 3 is 2.50 bits per heavy atom. The molecule has 32 heavy (non-hydrogen) atoms. The van der Waals surface area contributed by atoms with Gasteiger partial charge in [-0.25, -0.2) is 4.98 Å². The van der Waals surface area contributed by atoms with E-state index in [0.717, 1.165) is 0 Å². The highest BCUT2D eigenvalue weighted by atomic mass is 16.5. The number of carbonyl (C=O) groups is 1. The zero-order valence-electron chi connectivity index (χ0n) is 16.9. The first kappa shape index (κ1) is 19.3. The molecule has 0 saturated carbocycles. The minimum absolute atomic E-state index is 0.0326. The van der Waals surface area contributed by atoms with Crippen LogP contribution in [0.25, 0.3) is 28.9 Å². The fourth-order valence-corrected chi connectivity index (χ4v) is 3.00. The van der Waals surface area contributed by atoms with Gasteiger partial charge in [-0.05, 0) is 38.1 Å². The lowest BCUT2D eigenvalue weighted by Gasteiger charge is -2.08. The van der Waals surface area contributed by atoms with Gasteiger partial charge in [0.1, 0.15) is 11.5 Å². The molecule has 5 aromatic heterocycles. The van der Waals surface area contributed by atoms with Gasteiger partial charge in [-0.15, -0.1) is 0 Å². The van der Waals surface area contributed by atoms with Gasteiger partial charge in [0.2, 0.25) is 11.7 Å². The van der Waals surface area contributed by atoms with Crippen LogP contribution in [0.5, 0.6) is 0 Å². The van der Waals surface area contributed by atoms with Gasteiger partial charge in [0.05, 0.1) is 12.5 Å². The van der Waals surface area contributed by atoms with E-state index in [4.69, 9.17) is 13.4 Å². The van der Waals surface area contributed by atoms with E-state index in [2.05, 4.69) is 25.5 Å². The molecule has 0 aliphatic heterocycles. The predicted octanol–water partition coefficient (Wildman–Crippen LogP) is 3.33. The Kier molecular flexibility index (Phi) is 4.55. The van der Waals surface area contributed by atoms with Crippen LogP contribution in [0, 0.1) is 13.8 Å². The van der Waals surface area contributed by atoms with Crippen LogP contribution < -0.4 is 10.9 Å². The first-order valence-electron chi connectivity index (χ1n) is 9.53. The highest BCUT2D eigenvalue weighted by Gasteiger charge is 2.21. The van der Waals surface area contributed by atoms with Crippen LogP contribution in [0.1, 0.15) is 21.7 Å². The molecule has 0 unspecified atom stereocenters. The Morgan fingerprint density at radius 2 is 1.81 bits per heavy atom. The molecular weight excluding hydrogens is 416 g/mol. The lowest BCUT2D eigenvalue weighted by atomic mass is 10.3. The minimum atomic E-state index is -0.551. The van der Waals surface area contributed by atoms with Crippen LogP contribution in [0.4, 0.5) is 5.82 Å². The molecule has 2 N–H and O–H groups in total. The highest BCUT2D eigenvalue weighted by Crippen LogP contribution is 2.25. The minimum Gasteiger partial charge on any atom is -0.463 e. The number of rotatable bonds is 5. The molecule has 11 nitrogen and oxygen atoms in total. The van der Waals surface area contributed by atoms with Crippen LogP contribution in [0.3, 0.4) is 0 Å². The van der Waals surface area contributed by atoms with Gasteiger partial charge in [-0.1, -0.05) is 5.16 Å². The maximum atomic E-state index is 12.8. The summed E-state index contributed by atoms with van der Waals surface area (Å²) in [6, 6.07) is 9.88. The monoisotopic (exact) mass is 432 g/mol. The number of nitrogens with zero attached hydrogens (tertiary/aromatic N) is 4. The summed E-state index contributed by atoms with van der Waals surface area (Å²) >= 11 is 0. The third-order valence-electron chi connectivity index (χ3n) is 4.81. The molecule has 0 atom stereocenters. The number of nitrogens with one attached hydrogen (secondary N) is 2. The van der Waals surface area contributed by atoms with Gasteiger partial charge >= 0.3 is 0 Å². The number of aromatic nitrogens is 5. The molecule has 5 rings (SSSR count). The van der Waals surface area contributed by atoms with Crippen molar-refractivity contribution < 1.29 is 18.2 Å². The number of amides is 1. The Balaban J connectivity index is 1.53. The normalized spacial score (nSPS) is 11.1. The fourth-order valence-electron chi connectivity index (χ4n) is 3.00. The molecule has 5 aromatic rings. The average molecular weight is 432 g/mol. The number of aromatic amines is 1. The van der Waals surface area contributed by atoms with E-state index >= 15 is 0 Å². The molecule has 5 heterocycles. The number of aryl methyl sites for hydroxylation is 1. The second-order valence-corrected chi connectivity index (χ2v) is 6.91. The molecular formula is C21H16N6O5. The summed E-state index contributed by atoms with van der Waals surface area (Å²) < 4.78 is 17.2. The summed E-state index contributed by atoms with van der Waals surface area (Å²) in [5, 5.41) is 11.0. The molecule has 0 fully saturated rings. The second kappa shape index (κ2) is 7.54. The van der Waals surface area contributed by atoms with E-state index in [1.807, 2.05) is 0 Å². The largest absolute Gasteiger partial charge is 0.463 e. The zero-order chi connectivity index (χ0) is 22.2. The van der Waals surface area contributed by atoms with E-state index < -0.39 is 5.91 Å². The number of hydrogen-bond acceptors (Lipinski definition) is 8. The van der Waals surface area contributed by atoms with Crippen molar-refractivity contribution >= 4 is 11.7 Å². The summed E-state index contributed by atoms with van der Waals surface area (Å²) in [5.41, 5.74) is 1.19. The number of anilines is 1. The first-order valence-corrected chi connectivity index (χ1v) is 9.53. The van der Waals surface area contributed by atoms with Crippen molar-refractivity contribution in [3.8, 4) is 28.9 Å². The van der Waals surface area contributed by atoms with Gasteiger partial charge in [-0.2, -0.15) is 9.78 Å². The first-order chi connectivity index (χ1) is 15.5. The average Bonchev–Trinajstić information content (AvgIpc) is 3.57. The molecule has 0 radical (unpaired) electrons. The number of carbonyl (C=O) groups excluding carboxylic acids is 1. The maximum Gasteiger partial charge on any atom is 0.279 e. The smallest absolute Gasteiger partial charge is 0.279 e. The highest BCUT2D eigenvalue weighted by molar-refractivity contribution is 6.03. The molecule has 0 spiro atoms. The summed E-state index contributed by atoms with van der Waals surface area (Å²) in [7, 11) is 0. The van der Waals surface area contributed by atoms with Crippen molar-refractivity contribution in [2.75, 3.05) is 5.32 Å². The summed E-state index contributed by atoms with van der Waals surface area (Å²) in [5.74, 6) is 1.07. The van der Waals surface area contributed by atoms with E-state index in [1.165, 1.54) is 23.3 Å². The van der Waals surface area contributed by atoms with Gasteiger partial charge in [0.15, 0.2) is 17.2 Å². The van der Waals surface area contributed by atoms with Crippen LogP contribution in [0.2, 0.25) is 0 Å². The predicted molar refractivity (Wildman–Crippen MR) is 111 cm³/mol. The zero-order valence-corrected chi connectivity index (χ0v) is 16.9.